The largest absolute Gasteiger partial charge is 0.347 e. The lowest BCUT2D eigenvalue weighted by atomic mass is 10.0. The minimum absolute atomic E-state index is 0.0706. The average Bonchev–Trinajstić information content (AvgIpc) is 2.37. The topological polar surface area (TPSA) is 32.3 Å². The molecule has 0 heterocycles. The van der Waals surface area contributed by atoms with Crippen molar-refractivity contribution in [1.29, 1.82) is 0 Å². The maximum absolute atomic E-state index is 12.1. The van der Waals surface area contributed by atoms with Crippen LogP contribution < -0.4 is 5.32 Å². The molecule has 0 aliphatic heterocycles. The fourth-order valence-corrected chi connectivity index (χ4v) is 2.09. The predicted molar refractivity (Wildman–Crippen MR) is 80.1 cm³/mol. The van der Waals surface area contributed by atoms with E-state index in [1.54, 1.807) is 4.90 Å². The fraction of sp³-hybridized carbons (Fsp3) is 0.562. The molecule has 0 spiro atoms. The van der Waals surface area contributed by atoms with Crippen LogP contribution in [0.4, 0.5) is 0 Å². The Morgan fingerprint density at radius 2 is 1.84 bits per heavy atom. The molecule has 0 bridgehead atoms. The molecule has 0 aliphatic rings. The van der Waals surface area contributed by atoms with E-state index in [2.05, 4.69) is 31.3 Å². The van der Waals surface area contributed by atoms with E-state index in [-0.39, 0.29) is 11.9 Å². The number of amides is 1. The molecule has 1 N–H and O–H groups in total. The van der Waals surface area contributed by atoms with Crippen molar-refractivity contribution in [1.82, 2.24) is 10.2 Å². The van der Waals surface area contributed by atoms with E-state index in [0.29, 0.717) is 5.92 Å². The summed E-state index contributed by atoms with van der Waals surface area (Å²) in [5, 5.41) is 3.39. The Hall–Kier alpha value is -1.35. The van der Waals surface area contributed by atoms with Crippen LogP contribution in [-0.4, -0.2) is 37.5 Å². The molecule has 1 unspecified atom stereocenters. The standard InChI is InChI=1S/C16H26N2O/c1-13(2)12-15(16(19)18(3)4)17-11-10-14-8-6-5-7-9-14/h5-9,13,15,17H,10-12H2,1-4H3. The van der Waals surface area contributed by atoms with Crippen LogP contribution >= 0.6 is 0 Å². The van der Waals surface area contributed by atoms with Gasteiger partial charge in [-0.15, -0.1) is 0 Å². The number of nitrogens with one attached hydrogen (secondary N) is 1. The van der Waals surface area contributed by atoms with Gasteiger partial charge in [0.25, 0.3) is 0 Å². The summed E-state index contributed by atoms with van der Waals surface area (Å²) < 4.78 is 0. The van der Waals surface area contributed by atoms with Crippen LogP contribution in [0.15, 0.2) is 30.3 Å². The summed E-state index contributed by atoms with van der Waals surface area (Å²) in [5.74, 6) is 0.680. The van der Waals surface area contributed by atoms with Gasteiger partial charge in [0.1, 0.15) is 0 Å². The number of nitrogens with zero attached hydrogens (tertiary/aromatic N) is 1. The van der Waals surface area contributed by atoms with E-state index in [0.717, 1.165) is 19.4 Å². The van der Waals surface area contributed by atoms with E-state index in [1.165, 1.54) is 5.56 Å². The highest BCUT2D eigenvalue weighted by Crippen LogP contribution is 2.07. The van der Waals surface area contributed by atoms with Crippen LogP contribution in [0.1, 0.15) is 25.8 Å². The van der Waals surface area contributed by atoms with Crippen LogP contribution in [0, 0.1) is 5.92 Å². The van der Waals surface area contributed by atoms with Crippen LogP contribution in [0.5, 0.6) is 0 Å². The van der Waals surface area contributed by atoms with Gasteiger partial charge in [0.15, 0.2) is 0 Å². The molecule has 3 nitrogen and oxygen atoms in total. The molecule has 0 saturated carbocycles. The first-order chi connectivity index (χ1) is 9.00. The SMILES string of the molecule is CC(C)CC(NCCc1ccccc1)C(=O)N(C)C. The Kier molecular flexibility index (Phi) is 6.57. The second-order valence-corrected chi connectivity index (χ2v) is 5.60. The average molecular weight is 262 g/mol. The molecule has 0 radical (unpaired) electrons. The predicted octanol–water partition coefficient (Wildman–Crippen LogP) is 2.32. The molecule has 1 aromatic rings. The second-order valence-electron chi connectivity index (χ2n) is 5.60. The third-order valence-corrected chi connectivity index (χ3v) is 3.09. The molecule has 1 amide bonds. The molecule has 1 rings (SSSR count). The quantitative estimate of drug-likeness (QED) is 0.818. The van der Waals surface area contributed by atoms with Gasteiger partial charge in [0, 0.05) is 14.1 Å². The molecule has 0 fully saturated rings. The minimum atomic E-state index is -0.0706. The highest BCUT2D eigenvalue weighted by molar-refractivity contribution is 5.81. The zero-order valence-corrected chi connectivity index (χ0v) is 12.5. The smallest absolute Gasteiger partial charge is 0.239 e. The maximum Gasteiger partial charge on any atom is 0.239 e. The summed E-state index contributed by atoms with van der Waals surface area (Å²) >= 11 is 0. The third-order valence-electron chi connectivity index (χ3n) is 3.09. The van der Waals surface area contributed by atoms with Crippen molar-refractivity contribution in [2.24, 2.45) is 5.92 Å². The van der Waals surface area contributed by atoms with Gasteiger partial charge in [-0.3, -0.25) is 4.79 Å². The Morgan fingerprint density at radius 3 is 2.37 bits per heavy atom. The van der Waals surface area contributed by atoms with Gasteiger partial charge >= 0.3 is 0 Å². The summed E-state index contributed by atoms with van der Waals surface area (Å²) in [7, 11) is 3.63. The number of likely N-dealkylation sites (N-methyl/N-ethyl adjacent to an activating group) is 1. The summed E-state index contributed by atoms with van der Waals surface area (Å²) in [6.07, 6.45) is 1.84. The monoisotopic (exact) mass is 262 g/mol. The van der Waals surface area contributed by atoms with E-state index in [9.17, 15) is 4.79 Å². The number of benzene rings is 1. The molecule has 0 saturated heterocycles. The zero-order chi connectivity index (χ0) is 14.3. The molecule has 1 aromatic carbocycles. The number of rotatable bonds is 7. The van der Waals surface area contributed by atoms with Crippen LogP contribution in [0.25, 0.3) is 0 Å². The first-order valence-corrected chi connectivity index (χ1v) is 6.99. The van der Waals surface area contributed by atoms with Gasteiger partial charge in [0.2, 0.25) is 5.91 Å². The lowest BCUT2D eigenvalue weighted by Gasteiger charge is -2.23. The van der Waals surface area contributed by atoms with Crippen molar-refractivity contribution >= 4 is 5.91 Å². The molecule has 19 heavy (non-hydrogen) atoms. The van der Waals surface area contributed by atoms with E-state index in [4.69, 9.17) is 0 Å². The molecule has 0 aromatic heterocycles. The lowest BCUT2D eigenvalue weighted by Crippen LogP contribution is -2.45. The highest BCUT2D eigenvalue weighted by atomic mass is 16.2. The number of carbonyl (C=O) groups is 1. The fourth-order valence-electron chi connectivity index (χ4n) is 2.09. The summed E-state index contributed by atoms with van der Waals surface area (Å²) in [5.41, 5.74) is 1.30. The number of hydrogen-bond acceptors (Lipinski definition) is 2. The normalized spacial score (nSPS) is 12.5. The van der Waals surface area contributed by atoms with Crippen molar-refractivity contribution in [3.05, 3.63) is 35.9 Å². The summed E-state index contributed by atoms with van der Waals surface area (Å²) in [6.45, 7) is 5.13. The molecular weight excluding hydrogens is 236 g/mol. The van der Waals surface area contributed by atoms with Crippen LogP contribution in [0.2, 0.25) is 0 Å². The maximum atomic E-state index is 12.1. The summed E-state index contributed by atoms with van der Waals surface area (Å²) in [6, 6.07) is 10.3. The highest BCUT2D eigenvalue weighted by Gasteiger charge is 2.20. The van der Waals surface area contributed by atoms with E-state index < -0.39 is 0 Å². The lowest BCUT2D eigenvalue weighted by molar-refractivity contribution is -0.131. The van der Waals surface area contributed by atoms with Crippen molar-refractivity contribution in [3.8, 4) is 0 Å². The van der Waals surface area contributed by atoms with Gasteiger partial charge < -0.3 is 10.2 Å². The molecule has 3 heteroatoms. The Labute approximate surface area is 117 Å². The Balaban J connectivity index is 2.46. The van der Waals surface area contributed by atoms with Crippen LogP contribution in [0.3, 0.4) is 0 Å². The van der Waals surface area contributed by atoms with Gasteiger partial charge in [-0.1, -0.05) is 44.2 Å². The van der Waals surface area contributed by atoms with Crippen LogP contribution in [-0.2, 0) is 11.2 Å². The Morgan fingerprint density at radius 1 is 1.21 bits per heavy atom. The molecular formula is C16H26N2O. The van der Waals surface area contributed by atoms with Crippen molar-refractivity contribution in [2.75, 3.05) is 20.6 Å². The van der Waals surface area contributed by atoms with Gasteiger partial charge in [-0.2, -0.15) is 0 Å². The van der Waals surface area contributed by atoms with Crippen molar-refractivity contribution < 1.29 is 4.79 Å². The van der Waals surface area contributed by atoms with E-state index >= 15 is 0 Å². The summed E-state index contributed by atoms with van der Waals surface area (Å²) in [4.78, 5) is 13.8. The van der Waals surface area contributed by atoms with E-state index in [1.807, 2.05) is 32.3 Å². The third kappa shape index (κ3) is 5.88. The van der Waals surface area contributed by atoms with Gasteiger partial charge in [0.05, 0.1) is 6.04 Å². The molecule has 1 atom stereocenters. The zero-order valence-electron chi connectivity index (χ0n) is 12.5. The number of hydrogen-bond donors (Lipinski definition) is 1. The second kappa shape index (κ2) is 7.95. The Bertz CT molecular complexity index is 374. The van der Waals surface area contributed by atoms with Gasteiger partial charge in [-0.05, 0) is 30.9 Å². The first kappa shape index (κ1) is 15.7. The van der Waals surface area contributed by atoms with Gasteiger partial charge in [-0.25, -0.2) is 0 Å². The number of carbonyl (C=O) groups excluding carboxylic acids is 1. The van der Waals surface area contributed by atoms with Crippen molar-refractivity contribution in [3.63, 3.8) is 0 Å². The molecule has 106 valence electrons. The minimum Gasteiger partial charge on any atom is -0.347 e. The first-order valence-electron chi connectivity index (χ1n) is 6.99. The molecule has 0 aliphatic carbocycles. The van der Waals surface area contributed by atoms with Crippen molar-refractivity contribution in [2.45, 2.75) is 32.7 Å².